The van der Waals surface area contributed by atoms with Crippen molar-refractivity contribution in [3.8, 4) is 0 Å². The Labute approximate surface area is 154 Å². The van der Waals surface area contributed by atoms with Gasteiger partial charge in [0.25, 0.3) is 0 Å². The van der Waals surface area contributed by atoms with Crippen LogP contribution >= 0.6 is 0 Å². The summed E-state index contributed by atoms with van der Waals surface area (Å²) < 4.78 is 0. The van der Waals surface area contributed by atoms with E-state index >= 15 is 0 Å². The Morgan fingerprint density at radius 3 is 2.38 bits per heavy atom. The highest BCUT2D eigenvalue weighted by Gasteiger charge is 2.43. The highest BCUT2D eigenvalue weighted by molar-refractivity contribution is 5.96. The van der Waals surface area contributed by atoms with Gasteiger partial charge in [-0.1, -0.05) is 39.0 Å². The summed E-state index contributed by atoms with van der Waals surface area (Å²) in [6, 6.07) is 7.51. The summed E-state index contributed by atoms with van der Waals surface area (Å²) in [5.41, 5.74) is 12.1. The van der Waals surface area contributed by atoms with E-state index in [-0.39, 0.29) is 30.2 Å². The van der Waals surface area contributed by atoms with E-state index in [1.807, 2.05) is 39.0 Å². The predicted molar refractivity (Wildman–Crippen MR) is 99.9 cm³/mol. The number of amides is 3. The first kappa shape index (κ1) is 19.9. The summed E-state index contributed by atoms with van der Waals surface area (Å²) in [5.74, 6) is -1.68. The lowest BCUT2D eigenvalue weighted by Gasteiger charge is -2.28. The molecule has 1 aliphatic heterocycles. The summed E-state index contributed by atoms with van der Waals surface area (Å²) in [6.07, 6.45) is 0.691. The quantitative estimate of drug-likeness (QED) is 0.728. The fourth-order valence-electron chi connectivity index (χ4n) is 3.27. The lowest BCUT2D eigenvalue weighted by Crippen LogP contribution is -2.51. The Balaban J connectivity index is 2.08. The van der Waals surface area contributed by atoms with Crippen LogP contribution in [0, 0.1) is 11.3 Å². The van der Waals surface area contributed by atoms with Crippen LogP contribution in [0.25, 0.3) is 0 Å². The largest absolute Gasteiger partial charge is 0.368 e. The van der Waals surface area contributed by atoms with E-state index in [0.29, 0.717) is 12.1 Å². The maximum absolute atomic E-state index is 12.7. The molecule has 7 heteroatoms. The zero-order chi connectivity index (χ0) is 19.5. The summed E-state index contributed by atoms with van der Waals surface area (Å²) >= 11 is 0. The first-order valence-electron chi connectivity index (χ1n) is 8.80. The molecule has 142 valence electrons. The number of hydrogen-bond acceptors (Lipinski definition) is 4. The van der Waals surface area contributed by atoms with Crippen molar-refractivity contribution in [2.24, 2.45) is 22.8 Å². The van der Waals surface area contributed by atoms with Gasteiger partial charge in [0.05, 0.1) is 12.0 Å². The predicted octanol–water partition coefficient (Wildman–Crippen LogP) is 1.09. The van der Waals surface area contributed by atoms with Crippen LogP contribution < -0.4 is 16.8 Å². The highest BCUT2D eigenvalue weighted by atomic mass is 16.2. The first-order chi connectivity index (χ1) is 12.1. The van der Waals surface area contributed by atoms with E-state index in [4.69, 9.17) is 11.5 Å². The van der Waals surface area contributed by atoms with E-state index in [2.05, 4.69) is 5.32 Å². The Hall–Kier alpha value is -2.41. The minimum absolute atomic E-state index is 0.124. The summed E-state index contributed by atoms with van der Waals surface area (Å²) in [7, 11) is 0. The number of nitrogens with one attached hydrogen (secondary N) is 1. The topological polar surface area (TPSA) is 119 Å². The van der Waals surface area contributed by atoms with Crippen molar-refractivity contribution < 1.29 is 14.4 Å². The maximum Gasteiger partial charge on any atom is 0.240 e. The molecule has 0 saturated carbocycles. The minimum atomic E-state index is -0.806. The molecule has 1 saturated heterocycles. The number of nitrogens with zero attached hydrogens (tertiary/aromatic N) is 1. The van der Waals surface area contributed by atoms with Gasteiger partial charge in [0.2, 0.25) is 17.7 Å². The number of rotatable bonds is 5. The van der Waals surface area contributed by atoms with Gasteiger partial charge in [0, 0.05) is 12.2 Å². The van der Waals surface area contributed by atoms with Gasteiger partial charge in [-0.15, -0.1) is 0 Å². The van der Waals surface area contributed by atoms with Gasteiger partial charge in [0.1, 0.15) is 6.04 Å². The van der Waals surface area contributed by atoms with Gasteiger partial charge < -0.3 is 21.7 Å². The highest BCUT2D eigenvalue weighted by Crippen LogP contribution is 2.27. The van der Waals surface area contributed by atoms with Crippen LogP contribution in [0.2, 0.25) is 0 Å². The van der Waals surface area contributed by atoms with Crippen molar-refractivity contribution >= 4 is 23.4 Å². The van der Waals surface area contributed by atoms with Crippen molar-refractivity contribution in [1.29, 1.82) is 0 Å². The number of nitrogens with two attached hydrogens (primary N) is 2. The van der Waals surface area contributed by atoms with Gasteiger partial charge in [-0.05, 0) is 30.4 Å². The van der Waals surface area contributed by atoms with E-state index < -0.39 is 23.9 Å². The molecule has 1 aliphatic rings. The summed E-state index contributed by atoms with van der Waals surface area (Å²) in [4.78, 5) is 38.4. The summed E-state index contributed by atoms with van der Waals surface area (Å²) in [6.45, 7) is 6.12. The molecular weight excluding hydrogens is 332 g/mol. The van der Waals surface area contributed by atoms with E-state index in [1.165, 1.54) is 4.90 Å². The molecule has 0 spiro atoms. The molecule has 2 rings (SSSR count). The molecule has 1 heterocycles. The average molecular weight is 360 g/mol. The molecule has 1 aromatic carbocycles. The number of likely N-dealkylation sites (tertiary alicyclic amines) is 1. The number of primary amides is 1. The molecule has 1 fully saturated rings. The van der Waals surface area contributed by atoms with Crippen molar-refractivity contribution in [1.82, 2.24) is 4.90 Å². The van der Waals surface area contributed by atoms with Crippen LogP contribution in [0.5, 0.6) is 0 Å². The standard InChI is InChI=1S/C19H28N4O3/c1-19(2,3)10-14(20)18(26)23-11-12(9-15(23)16(21)24)17(25)22-13-7-5-4-6-8-13/h4-8,12,14-15H,9-11,20H2,1-3H3,(H2,21,24)(H,22,25). The number of benzene rings is 1. The molecule has 1 aromatic rings. The van der Waals surface area contributed by atoms with Crippen LogP contribution in [-0.4, -0.2) is 41.2 Å². The molecular formula is C19H28N4O3. The molecule has 3 unspecified atom stereocenters. The molecule has 0 aliphatic carbocycles. The van der Waals surface area contributed by atoms with Crippen LogP contribution in [0.4, 0.5) is 5.69 Å². The van der Waals surface area contributed by atoms with E-state index in [1.54, 1.807) is 12.1 Å². The van der Waals surface area contributed by atoms with Gasteiger partial charge in [-0.3, -0.25) is 14.4 Å². The Morgan fingerprint density at radius 2 is 1.85 bits per heavy atom. The normalized spacial score (nSPS) is 21.3. The molecule has 0 bridgehead atoms. The van der Waals surface area contributed by atoms with Crippen LogP contribution in [0.1, 0.15) is 33.6 Å². The Bertz CT molecular complexity index is 669. The molecule has 0 radical (unpaired) electrons. The van der Waals surface area contributed by atoms with E-state index in [9.17, 15) is 14.4 Å². The number of carbonyl (C=O) groups excluding carboxylic acids is 3. The van der Waals surface area contributed by atoms with Crippen LogP contribution in [-0.2, 0) is 14.4 Å². The number of carbonyl (C=O) groups is 3. The Morgan fingerprint density at radius 1 is 1.23 bits per heavy atom. The van der Waals surface area contributed by atoms with Crippen LogP contribution in [0.15, 0.2) is 30.3 Å². The van der Waals surface area contributed by atoms with Crippen molar-refractivity contribution in [3.05, 3.63) is 30.3 Å². The third-order valence-electron chi connectivity index (χ3n) is 4.47. The maximum atomic E-state index is 12.7. The molecule has 26 heavy (non-hydrogen) atoms. The van der Waals surface area contributed by atoms with Crippen molar-refractivity contribution in [3.63, 3.8) is 0 Å². The lowest BCUT2D eigenvalue weighted by molar-refractivity contribution is -0.138. The number of para-hydroxylation sites is 1. The zero-order valence-electron chi connectivity index (χ0n) is 15.6. The van der Waals surface area contributed by atoms with Gasteiger partial charge >= 0.3 is 0 Å². The van der Waals surface area contributed by atoms with Crippen molar-refractivity contribution in [2.75, 3.05) is 11.9 Å². The van der Waals surface area contributed by atoms with Crippen molar-refractivity contribution in [2.45, 2.75) is 45.7 Å². The second-order valence-corrected chi connectivity index (χ2v) is 8.07. The lowest BCUT2D eigenvalue weighted by atomic mass is 9.88. The number of hydrogen-bond donors (Lipinski definition) is 3. The third-order valence-corrected chi connectivity index (χ3v) is 4.47. The van der Waals surface area contributed by atoms with E-state index in [0.717, 1.165) is 0 Å². The average Bonchev–Trinajstić information content (AvgIpc) is 2.99. The SMILES string of the molecule is CC(C)(C)CC(N)C(=O)N1CC(C(=O)Nc2ccccc2)CC1C(N)=O. The van der Waals surface area contributed by atoms with Gasteiger partial charge in [0.15, 0.2) is 0 Å². The number of anilines is 1. The fraction of sp³-hybridized carbons (Fsp3) is 0.526. The first-order valence-corrected chi connectivity index (χ1v) is 8.80. The third kappa shape index (κ3) is 5.05. The molecule has 0 aromatic heterocycles. The molecule has 3 atom stereocenters. The second kappa shape index (κ2) is 7.86. The van der Waals surface area contributed by atoms with Gasteiger partial charge in [-0.2, -0.15) is 0 Å². The fourth-order valence-corrected chi connectivity index (χ4v) is 3.27. The Kier molecular flexibility index (Phi) is 6.02. The monoisotopic (exact) mass is 360 g/mol. The molecule has 5 N–H and O–H groups in total. The minimum Gasteiger partial charge on any atom is -0.368 e. The summed E-state index contributed by atoms with van der Waals surface area (Å²) in [5, 5.41) is 2.81. The second-order valence-electron chi connectivity index (χ2n) is 8.07. The van der Waals surface area contributed by atoms with Gasteiger partial charge in [-0.25, -0.2) is 0 Å². The zero-order valence-corrected chi connectivity index (χ0v) is 15.6. The van der Waals surface area contributed by atoms with Crippen LogP contribution in [0.3, 0.4) is 0 Å². The molecule has 3 amide bonds. The smallest absolute Gasteiger partial charge is 0.240 e. The molecule has 7 nitrogen and oxygen atoms in total.